The highest BCUT2D eigenvalue weighted by Gasteiger charge is 2.36. The summed E-state index contributed by atoms with van der Waals surface area (Å²) in [4.78, 5) is 37.0. The Morgan fingerprint density at radius 2 is 1.89 bits per heavy atom. The third-order valence-electron chi connectivity index (χ3n) is 5.41. The number of amides is 2. The average molecular weight is 622 g/mol. The predicted octanol–water partition coefficient (Wildman–Crippen LogP) is 7.36. The van der Waals surface area contributed by atoms with Crippen molar-refractivity contribution in [1.82, 2.24) is 4.90 Å². The van der Waals surface area contributed by atoms with Crippen LogP contribution in [-0.4, -0.2) is 27.6 Å². The summed E-state index contributed by atoms with van der Waals surface area (Å²) < 4.78 is 26.4. The summed E-state index contributed by atoms with van der Waals surface area (Å²) in [7, 11) is 0. The molecule has 0 saturated carbocycles. The smallest absolute Gasteiger partial charge is 0.293 e. The lowest BCUT2D eigenvalue weighted by atomic mass is 10.1. The number of thioether (sulfide) groups is 1. The highest BCUT2D eigenvalue weighted by Crippen LogP contribution is 2.40. The van der Waals surface area contributed by atoms with Crippen molar-refractivity contribution in [2.45, 2.75) is 20.1 Å². The monoisotopic (exact) mass is 620 g/mol. The van der Waals surface area contributed by atoms with Gasteiger partial charge in [0, 0.05) is 22.7 Å². The number of carbonyl (C=O) groups is 2. The highest BCUT2D eigenvalue weighted by atomic mass is 79.9. The molecule has 1 aliphatic rings. The van der Waals surface area contributed by atoms with Gasteiger partial charge < -0.3 is 9.47 Å². The first-order valence-electron chi connectivity index (χ1n) is 11.2. The fraction of sp³-hybridized carbons (Fsp3) is 0.154. The van der Waals surface area contributed by atoms with Gasteiger partial charge in [-0.2, -0.15) is 0 Å². The first-order valence-corrected chi connectivity index (χ1v) is 13.2. The topological polar surface area (TPSA) is 99.0 Å². The van der Waals surface area contributed by atoms with Gasteiger partial charge in [0.2, 0.25) is 0 Å². The molecule has 3 aromatic carbocycles. The van der Waals surface area contributed by atoms with Crippen molar-refractivity contribution in [3.05, 3.63) is 102 Å². The largest absolute Gasteiger partial charge is 0.490 e. The molecule has 196 valence electrons. The second-order valence-corrected chi connectivity index (χ2v) is 10.2. The second kappa shape index (κ2) is 12.0. The van der Waals surface area contributed by atoms with Crippen LogP contribution in [0.5, 0.6) is 11.5 Å². The minimum atomic E-state index is -0.602. The summed E-state index contributed by atoms with van der Waals surface area (Å²) in [5.74, 6) is -0.362. The van der Waals surface area contributed by atoms with Crippen LogP contribution in [0.4, 0.5) is 14.9 Å². The molecule has 0 unspecified atom stereocenters. The Bertz CT molecular complexity index is 1430. The summed E-state index contributed by atoms with van der Waals surface area (Å²) in [6.07, 6.45) is 1.54. The van der Waals surface area contributed by atoms with Crippen molar-refractivity contribution in [3.8, 4) is 11.5 Å². The zero-order valence-electron chi connectivity index (χ0n) is 19.8. The summed E-state index contributed by atoms with van der Waals surface area (Å²) in [6.45, 7) is 1.99. The summed E-state index contributed by atoms with van der Waals surface area (Å²) in [5.41, 5.74) is 1.33. The fourth-order valence-electron chi connectivity index (χ4n) is 3.57. The van der Waals surface area contributed by atoms with Gasteiger partial charge >= 0.3 is 0 Å². The molecule has 0 aliphatic carbocycles. The van der Waals surface area contributed by atoms with Crippen molar-refractivity contribution in [3.63, 3.8) is 0 Å². The minimum Gasteiger partial charge on any atom is -0.490 e. The van der Waals surface area contributed by atoms with E-state index in [1.54, 1.807) is 37.3 Å². The van der Waals surface area contributed by atoms with E-state index in [9.17, 15) is 24.1 Å². The average Bonchev–Trinajstić information content (AvgIpc) is 3.13. The lowest BCUT2D eigenvalue weighted by Gasteiger charge is -2.15. The lowest BCUT2D eigenvalue weighted by Crippen LogP contribution is -2.28. The van der Waals surface area contributed by atoms with Gasteiger partial charge in [-0.1, -0.05) is 17.7 Å². The van der Waals surface area contributed by atoms with E-state index < -0.39 is 21.9 Å². The van der Waals surface area contributed by atoms with Crippen LogP contribution < -0.4 is 9.47 Å². The maximum atomic E-state index is 14.2. The standard InChI is InChI=1S/C26H19BrClFN2O6S/c1-2-36-22-11-16(10-19(27)24(22)37-14-15-6-8-17(9-7-15)31(34)35)12-23-25(32)30(26(33)38-23)13-18-20(28)4-3-5-21(18)29/h3-12H,2,13-14H2,1H3/b23-12-. The number of non-ortho nitro benzene ring substituents is 1. The Kier molecular flexibility index (Phi) is 8.70. The molecule has 2 amide bonds. The molecule has 12 heteroatoms. The molecule has 1 fully saturated rings. The molecule has 0 atom stereocenters. The lowest BCUT2D eigenvalue weighted by molar-refractivity contribution is -0.384. The minimum absolute atomic E-state index is 0.0179. The van der Waals surface area contributed by atoms with Crippen LogP contribution in [0.2, 0.25) is 5.02 Å². The number of nitro benzene ring substituents is 1. The Labute approximate surface area is 234 Å². The fourth-order valence-corrected chi connectivity index (χ4v) is 5.21. The molecular weight excluding hydrogens is 603 g/mol. The highest BCUT2D eigenvalue weighted by molar-refractivity contribution is 9.10. The van der Waals surface area contributed by atoms with E-state index in [1.165, 1.54) is 30.3 Å². The third-order valence-corrected chi connectivity index (χ3v) is 7.26. The summed E-state index contributed by atoms with van der Waals surface area (Å²) in [6, 6.07) is 13.5. The van der Waals surface area contributed by atoms with Crippen molar-refractivity contribution in [2.24, 2.45) is 0 Å². The number of benzene rings is 3. The number of nitro groups is 1. The van der Waals surface area contributed by atoms with E-state index in [0.717, 1.165) is 22.2 Å². The van der Waals surface area contributed by atoms with Crippen LogP contribution in [0.1, 0.15) is 23.6 Å². The number of rotatable bonds is 9. The Hall–Kier alpha value is -3.41. The molecule has 3 aromatic rings. The van der Waals surface area contributed by atoms with Crippen molar-refractivity contribution in [1.29, 1.82) is 0 Å². The molecule has 1 heterocycles. The van der Waals surface area contributed by atoms with Gasteiger partial charge in [-0.25, -0.2) is 4.39 Å². The van der Waals surface area contributed by atoms with Gasteiger partial charge in [0.05, 0.1) is 27.5 Å². The summed E-state index contributed by atoms with van der Waals surface area (Å²) in [5, 5.41) is 10.4. The van der Waals surface area contributed by atoms with Crippen molar-refractivity contribution in [2.75, 3.05) is 6.61 Å². The van der Waals surface area contributed by atoms with Gasteiger partial charge in [0.15, 0.2) is 11.5 Å². The van der Waals surface area contributed by atoms with Crippen LogP contribution in [0, 0.1) is 15.9 Å². The Morgan fingerprint density at radius 3 is 2.55 bits per heavy atom. The molecule has 0 N–H and O–H groups in total. The summed E-state index contributed by atoms with van der Waals surface area (Å²) >= 11 is 10.3. The van der Waals surface area contributed by atoms with Crippen LogP contribution >= 0.6 is 39.3 Å². The molecule has 0 radical (unpaired) electrons. The van der Waals surface area contributed by atoms with Crippen LogP contribution in [0.25, 0.3) is 6.08 Å². The molecule has 1 aliphatic heterocycles. The van der Waals surface area contributed by atoms with E-state index in [2.05, 4.69) is 15.9 Å². The zero-order chi connectivity index (χ0) is 27.4. The van der Waals surface area contributed by atoms with Crippen LogP contribution in [-0.2, 0) is 17.9 Å². The molecule has 0 aromatic heterocycles. The van der Waals surface area contributed by atoms with Gasteiger partial charge in [-0.3, -0.25) is 24.6 Å². The number of hydrogen-bond acceptors (Lipinski definition) is 7. The first kappa shape index (κ1) is 27.6. The third kappa shape index (κ3) is 6.17. The number of hydrogen-bond donors (Lipinski definition) is 0. The normalized spacial score (nSPS) is 14.3. The van der Waals surface area contributed by atoms with Crippen molar-refractivity contribution < 1.29 is 28.4 Å². The quantitative estimate of drug-likeness (QED) is 0.140. The zero-order valence-corrected chi connectivity index (χ0v) is 22.9. The number of nitrogens with zero attached hydrogens (tertiary/aromatic N) is 2. The number of carbonyl (C=O) groups excluding carboxylic acids is 2. The SMILES string of the molecule is CCOc1cc(/C=C2\SC(=O)N(Cc3c(F)cccc3Cl)C2=O)cc(Br)c1OCc1ccc([N+](=O)[O-])cc1. The van der Waals surface area contributed by atoms with Crippen LogP contribution in [0.3, 0.4) is 0 Å². The maximum absolute atomic E-state index is 14.2. The van der Waals surface area contributed by atoms with Crippen molar-refractivity contribution >= 4 is 62.2 Å². The van der Waals surface area contributed by atoms with E-state index >= 15 is 0 Å². The molecule has 0 spiro atoms. The Morgan fingerprint density at radius 1 is 1.16 bits per heavy atom. The van der Waals surface area contributed by atoms with E-state index in [4.69, 9.17) is 21.1 Å². The molecular formula is C26H19BrClFN2O6S. The van der Waals surface area contributed by atoms with Gasteiger partial charge in [-0.05, 0) is 88.2 Å². The first-order chi connectivity index (χ1) is 18.2. The molecule has 38 heavy (non-hydrogen) atoms. The second-order valence-electron chi connectivity index (χ2n) is 7.94. The molecule has 1 saturated heterocycles. The van der Waals surface area contributed by atoms with E-state index in [1.807, 2.05) is 0 Å². The number of imide groups is 1. The van der Waals surface area contributed by atoms with E-state index in [0.29, 0.717) is 28.1 Å². The van der Waals surface area contributed by atoms with Gasteiger partial charge in [0.1, 0.15) is 12.4 Å². The van der Waals surface area contributed by atoms with E-state index in [-0.39, 0.29) is 34.3 Å². The van der Waals surface area contributed by atoms with Crippen LogP contribution in [0.15, 0.2) is 64.0 Å². The maximum Gasteiger partial charge on any atom is 0.293 e. The van der Waals surface area contributed by atoms with Gasteiger partial charge in [0.25, 0.3) is 16.8 Å². The molecule has 0 bridgehead atoms. The number of halogens is 3. The Balaban J connectivity index is 1.55. The predicted molar refractivity (Wildman–Crippen MR) is 146 cm³/mol. The number of ether oxygens (including phenoxy) is 2. The molecule has 4 rings (SSSR count). The molecule has 8 nitrogen and oxygen atoms in total. The van der Waals surface area contributed by atoms with Gasteiger partial charge in [-0.15, -0.1) is 0 Å².